The molecule has 1 aromatic carbocycles. The zero-order valence-electron chi connectivity index (χ0n) is 13.0. The van der Waals surface area contributed by atoms with Gasteiger partial charge in [-0.2, -0.15) is 0 Å². The van der Waals surface area contributed by atoms with Crippen LogP contribution < -0.4 is 10.1 Å². The van der Waals surface area contributed by atoms with Crippen molar-refractivity contribution in [3.8, 4) is 5.75 Å². The van der Waals surface area contributed by atoms with Crippen molar-refractivity contribution in [3.63, 3.8) is 0 Å². The Kier molecular flexibility index (Phi) is 4.22. The minimum atomic E-state index is -0.295. The van der Waals surface area contributed by atoms with Gasteiger partial charge in [-0.15, -0.1) is 0 Å². The fourth-order valence-electron chi connectivity index (χ4n) is 2.91. The lowest BCUT2D eigenvalue weighted by Crippen LogP contribution is -2.51. The van der Waals surface area contributed by atoms with Crippen LogP contribution in [0.2, 0.25) is 0 Å². The molecule has 2 aliphatic heterocycles. The average molecular weight is 306 g/mol. The van der Waals surface area contributed by atoms with Gasteiger partial charge in [0.05, 0.1) is 31.9 Å². The lowest BCUT2D eigenvalue weighted by atomic mass is 10.0. The zero-order valence-corrected chi connectivity index (χ0v) is 13.0. The van der Waals surface area contributed by atoms with E-state index in [2.05, 4.69) is 11.4 Å². The molecule has 2 N–H and O–H groups in total. The molecule has 6 heteroatoms. The summed E-state index contributed by atoms with van der Waals surface area (Å²) in [7, 11) is 0. The second-order valence-corrected chi connectivity index (χ2v) is 5.86. The van der Waals surface area contributed by atoms with Crippen molar-refractivity contribution in [1.29, 1.82) is 0 Å². The lowest BCUT2D eigenvalue weighted by molar-refractivity contribution is -0.0405. The summed E-state index contributed by atoms with van der Waals surface area (Å²) in [4.78, 5) is 14.1. The number of hydrogen-bond donors (Lipinski definition) is 2. The van der Waals surface area contributed by atoms with Crippen molar-refractivity contribution >= 4 is 6.03 Å². The number of benzene rings is 1. The van der Waals surface area contributed by atoms with Gasteiger partial charge in [0.1, 0.15) is 12.4 Å². The van der Waals surface area contributed by atoms with Crippen molar-refractivity contribution in [2.24, 2.45) is 0 Å². The second-order valence-electron chi connectivity index (χ2n) is 5.86. The van der Waals surface area contributed by atoms with Crippen LogP contribution in [0.25, 0.3) is 0 Å². The Balaban J connectivity index is 1.68. The van der Waals surface area contributed by atoms with Crippen molar-refractivity contribution in [3.05, 3.63) is 28.8 Å². The van der Waals surface area contributed by atoms with Gasteiger partial charge in [-0.25, -0.2) is 4.79 Å². The molecular formula is C16H22N2O4. The molecular weight excluding hydrogens is 284 g/mol. The summed E-state index contributed by atoms with van der Waals surface area (Å²) in [6, 6.07) is 3.81. The maximum atomic E-state index is 12.4. The van der Waals surface area contributed by atoms with E-state index >= 15 is 0 Å². The number of urea groups is 1. The molecule has 1 saturated heterocycles. The summed E-state index contributed by atoms with van der Waals surface area (Å²) < 4.78 is 11.1. The molecule has 0 radical (unpaired) electrons. The number of aliphatic hydroxyl groups is 1. The van der Waals surface area contributed by atoms with Crippen LogP contribution in [-0.2, 0) is 4.74 Å². The molecule has 120 valence electrons. The molecule has 22 heavy (non-hydrogen) atoms. The first-order valence-electron chi connectivity index (χ1n) is 7.61. The van der Waals surface area contributed by atoms with Crippen LogP contribution >= 0.6 is 0 Å². The Morgan fingerprint density at radius 1 is 1.45 bits per heavy atom. The fourth-order valence-corrected chi connectivity index (χ4v) is 2.91. The third-order valence-corrected chi connectivity index (χ3v) is 4.40. The molecule has 1 fully saturated rings. The highest BCUT2D eigenvalue weighted by Crippen LogP contribution is 2.36. The van der Waals surface area contributed by atoms with Crippen LogP contribution in [-0.4, -0.2) is 55.1 Å². The van der Waals surface area contributed by atoms with E-state index in [0.29, 0.717) is 26.3 Å². The molecule has 6 nitrogen and oxygen atoms in total. The maximum absolute atomic E-state index is 12.4. The number of amides is 2. The van der Waals surface area contributed by atoms with E-state index in [1.807, 2.05) is 19.9 Å². The van der Waals surface area contributed by atoms with Crippen molar-refractivity contribution in [1.82, 2.24) is 10.2 Å². The number of morpholine rings is 1. The highest BCUT2D eigenvalue weighted by atomic mass is 16.5. The predicted molar refractivity (Wildman–Crippen MR) is 81.1 cm³/mol. The lowest BCUT2D eigenvalue weighted by Gasteiger charge is -2.32. The number of aliphatic hydroxyl groups excluding tert-OH is 1. The summed E-state index contributed by atoms with van der Waals surface area (Å²) in [6.45, 7) is 5.87. The SMILES string of the molecule is Cc1ccc2c(c1C)OC[C@H]2NC(=O)N1CCO[C@H](CO)C1. The number of nitrogens with zero attached hydrogens (tertiary/aromatic N) is 1. The smallest absolute Gasteiger partial charge is 0.318 e. The normalized spacial score (nSPS) is 23.9. The third kappa shape index (κ3) is 2.76. The van der Waals surface area contributed by atoms with E-state index in [4.69, 9.17) is 14.6 Å². The van der Waals surface area contributed by atoms with Gasteiger partial charge in [0, 0.05) is 12.1 Å². The molecule has 3 rings (SSSR count). The van der Waals surface area contributed by atoms with Gasteiger partial charge >= 0.3 is 6.03 Å². The summed E-state index contributed by atoms with van der Waals surface area (Å²) >= 11 is 0. The number of rotatable bonds is 2. The number of carbonyl (C=O) groups is 1. The first kappa shape index (κ1) is 15.1. The quantitative estimate of drug-likeness (QED) is 0.859. The maximum Gasteiger partial charge on any atom is 0.318 e. The Hall–Kier alpha value is -1.79. The predicted octanol–water partition coefficient (Wildman–Crippen LogP) is 1.14. The fraction of sp³-hybridized carbons (Fsp3) is 0.562. The van der Waals surface area contributed by atoms with Crippen LogP contribution in [0.5, 0.6) is 5.75 Å². The highest BCUT2D eigenvalue weighted by Gasteiger charge is 2.30. The summed E-state index contributed by atoms with van der Waals surface area (Å²) in [5.41, 5.74) is 3.34. The average Bonchev–Trinajstić information content (AvgIpc) is 2.94. The molecule has 2 amide bonds. The number of carbonyl (C=O) groups excluding carboxylic acids is 1. The second kappa shape index (κ2) is 6.14. The largest absolute Gasteiger partial charge is 0.490 e. The van der Waals surface area contributed by atoms with Crippen LogP contribution in [0.15, 0.2) is 12.1 Å². The van der Waals surface area contributed by atoms with Crippen LogP contribution in [0.3, 0.4) is 0 Å². The number of aryl methyl sites for hydroxylation is 1. The Labute approximate surface area is 130 Å². The monoisotopic (exact) mass is 306 g/mol. The number of hydrogen-bond acceptors (Lipinski definition) is 4. The molecule has 0 aliphatic carbocycles. The molecule has 2 aliphatic rings. The van der Waals surface area contributed by atoms with E-state index in [1.54, 1.807) is 4.90 Å². The van der Waals surface area contributed by atoms with Gasteiger partial charge in [-0.1, -0.05) is 12.1 Å². The van der Waals surface area contributed by atoms with Gasteiger partial charge in [0.15, 0.2) is 0 Å². The Morgan fingerprint density at radius 3 is 3.05 bits per heavy atom. The van der Waals surface area contributed by atoms with Crippen LogP contribution in [0.4, 0.5) is 4.79 Å². The van der Waals surface area contributed by atoms with Crippen LogP contribution in [0.1, 0.15) is 22.7 Å². The summed E-state index contributed by atoms with van der Waals surface area (Å²) in [5.74, 6) is 0.889. The molecule has 2 atom stereocenters. The first-order chi connectivity index (χ1) is 10.6. The summed E-state index contributed by atoms with van der Waals surface area (Å²) in [6.07, 6.45) is -0.295. The van der Waals surface area contributed by atoms with Crippen molar-refractivity contribution in [2.75, 3.05) is 32.9 Å². The summed E-state index contributed by atoms with van der Waals surface area (Å²) in [5, 5.41) is 12.2. The zero-order chi connectivity index (χ0) is 15.7. The van der Waals surface area contributed by atoms with E-state index in [9.17, 15) is 4.79 Å². The Bertz CT molecular complexity index is 576. The molecule has 1 aromatic rings. The van der Waals surface area contributed by atoms with Gasteiger partial charge in [-0.05, 0) is 25.0 Å². The standard InChI is InChI=1S/C16H22N2O4/c1-10-3-4-13-14(9-22-15(13)11(10)2)17-16(20)18-5-6-21-12(7-18)8-19/h3-4,12,14,19H,5-9H2,1-2H3,(H,17,20)/t12-,14+/m0/s1. The highest BCUT2D eigenvalue weighted by molar-refractivity contribution is 5.75. The molecule has 2 heterocycles. The topological polar surface area (TPSA) is 71.0 Å². The van der Waals surface area contributed by atoms with E-state index < -0.39 is 0 Å². The number of fused-ring (bicyclic) bond motifs is 1. The van der Waals surface area contributed by atoms with Gasteiger partial charge in [-0.3, -0.25) is 0 Å². The molecule has 0 bridgehead atoms. The van der Waals surface area contributed by atoms with Gasteiger partial charge in [0.25, 0.3) is 0 Å². The first-order valence-corrected chi connectivity index (χ1v) is 7.61. The van der Waals surface area contributed by atoms with E-state index in [-0.39, 0.29) is 24.8 Å². The van der Waals surface area contributed by atoms with Crippen molar-refractivity contribution < 1.29 is 19.4 Å². The minimum absolute atomic E-state index is 0.0718. The van der Waals surface area contributed by atoms with Crippen LogP contribution in [0, 0.1) is 13.8 Å². The Morgan fingerprint density at radius 2 is 2.27 bits per heavy atom. The third-order valence-electron chi connectivity index (χ3n) is 4.40. The van der Waals surface area contributed by atoms with Gasteiger partial charge < -0.3 is 24.8 Å². The van der Waals surface area contributed by atoms with Gasteiger partial charge in [0.2, 0.25) is 0 Å². The minimum Gasteiger partial charge on any atom is -0.490 e. The molecule has 0 saturated carbocycles. The number of nitrogens with one attached hydrogen (secondary N) is 1. The van der Waals surface area contributed by atoms with E-state index in [0.717, 1.165) is 16.9 Å². The van der Waals surface area contributed by atoms with Crippen molar-refractivity contribution in [2.45, 2.75) is 26.0 Å². The molecule has 0 spiro atoms. The molecule has 0 unspecified atom stereocenters. The molecule has 0 aromatic heterocycles. The van der Waals surface area contributed by atoms with E-state index in [1.165, 1.54) is 5.56 Å². The number of ether oxygens (including phenoxy) is 2.